The molecular weight excluding hydrogens is 497 g/mol. The van der Waals surface area contributed by atoms with Gasteiger partial charge in [0.1, 0.15) is 23.3 Å². The number of pyridine rings is 2. The van der Waals surface area contributed by atoms with Crippen molar-refractivity contribution >= 4 is 34.0 Å². The van der Waals surface area contributed by atoms with Crippen LogP contribution in [0.3, 0.4) is 0 Å². The number of halogens is 2. The highest BCUT2D eigenvalue weighted by molar-refractivity contribution is 7.17. The summed E-state index contributed by atoms with van der Waals surface area (Å²) < 4.78 is 26.3. The lowest BCUT2D eigenvalue weighted by atomic mass is 9.98. The number of aryl methyl sites for hydroxylation is 2. The second-order valence-electron chi connectivity index (χ2n) is 7.46. The normalized spacial score (nSPS) is 10.8. The van der Waals surface area contributed by atoms with Gasteiger partial charge in [0.15, 0.2) is 0 Å². The van der Waals surface area contributed by atoms with Crippen molar-refractivity contribution in [3.8, 4) is 22.1 Å². The summed E-state index contributed by atoms with van der Waals surface area (Å²) in [5.41, 5.74) is 1.67. The largest absolute Gasteiger partial charge is 0.496 e. The van der Waals surface area contributed by atoms with E-state index in [-0.39, 0.29) is 28.2 Å². The zero-order valence-electron chi connectivity index (χ0n) is 18.8. The van der Waals surface area contributed by atoms with Crippen LogP contribution in [0, 0.1) is 12.7 Å². The Labute approximate surface area is 208 Å². The van der Waals surface area contributed by atoms with Gasteiger partial charge in [0.2, 0.25) is 5.13 Å². The van der Waals surface area contributed by atoms with Crippen molar-refractivity contribution in [3.05, 3.63) is 80.7 Å². The minimum Gasteiger partial charge on any atom is -0.496 e. The van der Waals surface area contributed by atoms with Gasteiger partial charge in [-0.3, -0.25) is 14.9 Å². The topological polar surface area (TPSA) is 108 Å². The molecule has 3 aromatic heterocycles. The Kier molecular flexibility index (Phi) is 7.08. The van der Waals surface area contributed by atoms with Crippen molar-refractivity contribution in [2.75, 3.05) is 12.4 Å². The van der Waals surface area contributed by atoms with Crippen LogP contribution in [0.1, 0.15) is 21.5 Å². The highest BCUT2D eigenvalue weighted by Crippen LogP contribution is 2.34. The van der Waals surface area contributed by atoms with E-state index < -0.39 is 17.3 Å². The molecule has 0 spiro atoms. The summed E-state index contributed by atoms with van der Waals surface area (Å²) in [4.78, 5) is 29.5. The molecule has 0 unspecified atom stereocenters. The lowest BCUT2D eigenvalue weighted by Gasteiger charge is -2.15. The average molecular weight is 516 g/mol. The molecule has 0 saturated carbocycles. The SMILES string of the molecule is COc1cc(F)c(C)cc1-c1cn(C)c(=O)cc1C(=O)Nc1nnc(OCc2ccc(Cl)nc2)s1. The van der Waals surface area contributed by atoms with Crippen LogP contribution in [0.4, 0.5) is 9.52 Å². The summed E-state index contributed by atoms with van der Waals surface area (Å²) in [6.45, 7) is 1.79. The lowest BCUT2D eigenvalue weighted by Crippen LogP contribution is -2.21. The van der Waals surface area contributed by atoms with E-state index in [4.69, 9.17) is 21.1 Å². The molecule has 35 heavy (non-hydrogen) atoms. The standard InChI is InChI=1S/C23H19ClFN5O4S/c1-12-6-14(18(33-3)8-17(12)25)16-10-30(2)20(31)7-15(16)21(32)27-22-28-29-23(35-22)34-11-13-4-5-19(24)26-9-13/h4-10H,11H2,1-3H3,(H,27,28,32). The number of carbonyl (C=O) groups is 1. The number of amides is 1. The minimum absolute atomic E-state index is 0.0716. The van der Waals surface area contributed by atoms with Gasteiger partial charge >= 0.3 is 0 Å². The summed E-state index contributed by atoms with van der Waals surface area (Å²) >= 11 is 6.79. The molecule has 9 nitrogen and oxygen atoms in total. The van der Waals surface area contributed by atoms with Gasteiger partial charge < -0.3 is 14.0 Å². The number of anilines is 1. The van der Waals surface area contributed by atoms with E-state index in [1.807, 2.05) is 0 Å². The van der Waals surface area contributed by atoms with Gasteiger partial charge in [0.05, 0.1) is 12.7 Å². The number of benzene rings is 1. The van der Waals surface area contributed by atoms with Gasteiger partial charge in [-0.25, -0.2) is 9.37 Å². The first-order chi connectivity index (χ1) is 16.7. The number of hydrogen-bond acceptors (Lipinski definition) is 8. The zero-order chi connectivity index (χ0) is 25.1. The first-order valence-corrected chi connectivity index (χ1v) is 11.4. The highest BCUT2D eigenvalue weighted by Gasteiger charge is 2.21. The first kappa shape index (κ1) is 24.3. The van der Waals surface area contributed by atoms with Crippen LogP contribution in [0.5, 0.6) is 10.9 Å². The van der Waals surface area contributed by atoms with Crippen LogP contribution in [0.15, 0.2) is 47.5 Å². The number of rotatable bonds is 7. The molecule has 0 atom stereocenters. The Hall–Kier alpha value is -3.83. The van der Waals surface area contributed by atoms with E-state index >= 15 is 0 Å². The molecule has 4 aromatic rings. The Balaban J connectivity index is 1.59. The molecule has 0 bridgehead atoms. The number of hydrogen-bond donors (Lipinski definition) is 1. The van der Waals surface area contributed by atoms with Gasteiger partial charge in [-0.1, -0.05) is 22.8 Å². The second kappa shape index (κ2) is 10.2. The molecule has 1 amide bonds. The smallest absolute Gasteiger partial charge is 0.296 e. The van der Waals surface area contributed by atoms with E-state index in [0.29, 0.717) is 21.8 Å². The summed E-state index contributed by atoms with van der Waals surface area (Å²) in [7, 11) is 2.96. The third-order valence-electron chi connectivity index (χ3n) is 5.02. The molecular formula is C23H19ClFN5O4S. The molecule has 12 heteroatoms. The minimum atomic E-state index is -0.591. The molecule has 1 aromatic carbocycles. The number of carbonyl (C=O) groups excluding carboxylic acids is 1. The number of nitrogens with one attached hydrogen (secondary N) is 1. The molecule has 4 rings (SSSR count). The van der Waals surface area contributed by atoms with Crippen LogP contribution >= 0.6 is 22.9 Å². The fourth-order valence-corrected chi connectivity index (χ4v) is 3.90. The molecule has 0 fully saturated rings. The molecule has 1 N–H and O–H groups in total. The Bertz CT molecular complexity index is 1460. The Morgan fingerprint density at radius 3 is 2.74 bits per heavy atom. The van der Waals surface area contributed by atoms with Crippen LogP contribution in [0.2, 0.25) is 5.15 Å². The molecule has 3 heterocycles. The van der Waals surface area contributed by atoms with E-state index in [1.54, 1.807) is 38.4 Å². The van der Waals surface area contributed by atoms with E-state index in [1.165, 1.54) is 30.0 Å². The summed E-state index contributed by atoms with van der Waals surface area (Å²) in [5, 5.41) is 11.3. The highest BCUT2D eigenvalue weighted by atomic mass is 35.5. The van der Waals surface area contributed by atoms with Crippen LogP contribution in [-0.2, 0) is 13.7 Å². The third kappa shape index (κ3) is 5.47. The van der Waals surface area contributed by atoms with Gasteiger partial charge in [0, 0.05) is 48.3 Å². The molecule has 180 valence electrons. The summed E-state index contributed by atoms with van der Waals surface area (Å²) in [5.74, 6) is -0.812. The third-order valence-corrected chi connectivity index (χ3v) is 6.00. The maximum absolute atomic E-state index is 14.1. The monoisotopic (exact) mass is 515 g/mol. The van der Waals surface area contributed by atoms with Crippen molar-refractivity contribution in [2.24, 2.45) is 7.05 Å². The van der Waals surface area contributed by atoms with E-state index in [9.17, 15) is 14.0 Å². The molecule has 0 saturated heterocycles. The summed E-state index contributed by atoms with van der Waals surface area (Å²) in [6.07, 6.45) is 3.08. The predicted molar refractivity (Wildman–Crippen MR) is 130 cm³/mol. The fourth-order valence-electron chi connectivity index (χ4n) is 3.19. The molecule has 0 aliphatic heterocycles. The van der Waals surface area contributed by atoms with Gasteiger partial charge in [-0.15, -0.1) is 5.10 Å². The van der Waals surface area contributed by atoms with E-state index in [0.717, 1.165) is 16.9 Å². The number of aromatic nitrogens is 4. The number of nitrogens with zero attached hydrogens (tertiary/aromatic N) is 4. The van der Waals surface area contributed by atoms with Crippen LogP contribution in [0.25, 0.3) is 11.1 Å². The van der Waals surface area contributed by atoms with Crippen molar-refractivity contribution in [1.29, 1.82) is 0 Å². The van der Waals surface area contributed by atoms with Crippen molar-refractivity contribution < 1.29 is 18.7 Å². The fraction of sp³-hybridized carbons (Fsp3) is 0.174. The summed E-state index contributed by atoms with van der Waals surface area (Å²) in [6, 6.07) is 7.41. The zero-order valence-corrected chi connectivity index (χ0v) is 20.4. The first-order valence-electron chi connectivity index (χ1n) is 10.2. The quantitative estimate of drug-likeness (QED) is 0.367. The van der Waals surface area contributed by atoms with Crippen molar-refractivity contribution in [2.45, 2.75) is 13.5 Å². The predicted octanol–water partition coefficient (Wildman–Crippen LogP) is 4.24. The maximum atomic E-state index is 14.1. The number of ether oxygens (including phenoxy) is 2. The van der Waals surface area contributed by atoms with Crippen molar-refractivity contribution in [1.82, 2.24) is 19.7 Å². The van der Waals surface area contributed by atoms with Gasteiger partial charge in [-0.05, 0) is 36.0 Å². The van der Waals surface area contributed by atoms with Gasteiger partial charge in [-0.2, -0.15) is 0 Å². The van der Waals surface area contributed by atoms with Gasteiger partial charge in [0.25, 0.3) is 16.7 Å². The maximum Gasteiger partial charge on any atom is 0.296 e. The lowest BCUT2D eigenvalue weighted by molar-refractivity contribution is 0.102. The molecule has 0 aliphatic rings. The average Bonchev–Trinajstić information content (AvgIpc) is 3.28. The molecule has 0 radical (unpaired) electrons. The Morgan fingerprint density at radius 2 is 2.03 bits per heavy atom. The van der Waals surface area contributed by atoms with E-state index in [2.05, 4.69) is 20.5 Å². The van der Waals surface area contributed by atoms with Crippen LogP contribution in [-0.4, -0.2) is 32.8 Å². The second-order valence-corrected chi connectivity index (χ2v) is 8.78. The molecule has 0 aliphatic carbocycles. The van der Waals surface area contributed by atoms with Crippen LogP contribution < -0.4 is 20.3 Å². The van der Waals surface area contributed by atoms with Crippen molar-refractivity contribution in [3.63, 3.8) is 0 Å². The Morgan fingerprint density at radius 1 is 1.23 bits per heavy atom. The number of methoxy groups -OCH3 is 1.